The van der Waals surface area contributed by atoms with Crippen molar-refractivity contribution < 1.29 is 13.2 Å². The molecule has 8 heteroatoms. The predicted octanol–water partition coefficient (Wildman–Crippen LogP) is 3.16. The number of carbonyl (C=O) groups excluding carboxylic acids is 1. The van der Waals surface area contributed by atoms with Crippen molar-refractivity contribution in [2.75, 3.05) is 10.0 Å². The minimum absolute atomic E-state index is 0.0464. The molecule has 0 aliphatic carbocycles. The minimum atomic E-state index is -3.91. The number of nitrogens with zero attached hydrogens (tertiary/aromatic N) is 1. The third-order valence-corrected chi connectivity index (χ3v) is 5.99. The standard InChI is InChI=1S/C22H23N3O4S/c1-3-17-8-7-9-18(14-17)23-21(26)15-25-16(2)12-13-20(22(25)27)24-30(28,29)19-10-5-4-6-11-19/h4-14,24H,3,15H2,1-2H3,(H,23,26). The van der Waals surface area contributed by atoms with Crippen LogP contribution in [0.5, 0.6) is 0 Å². The summed E-state index contributed by atoms with van der Waals surface area (Å²) in [6, 6.07) is 18.2. The molecular weight excluding hydrogens is 402 g/mol. The van der Waals surface area contributed by atoms with E-state index in [9.17, 15) is 18.0 Å². The van der Waals surface area contributed by atoms with Gasteiger partial charge < -0.3 is 9.88 Å². The molecule has 0 aliphatic heterocycles. The van der Waals surface area contributed by atoms with Gasteiger partial charge in [0, 0.05) is 11.4 Å². The maximum atomic E-state index is 12.8. The molecule has 0 fully saturated rings. The topological polar surface area (TPSA) is 97.3 Å². The average Bonchev–Trinajstić information content (AvgIpc) is 2.74. The molecule has 2 N–H and O–H groups in total. The number of hydrogen-bond acceptors (Lipinski definition) is 4. The third kappa shape index (κ3) is 4.96. The zero-order chi connectivity index (χ0) is 21.7. The van der Waals surface area contributed by atoms with E-state index < -0.39 is 15.6 Å². The molecule has 0 saturated heterocycles. The largest absolute Gasteiger partial charge is 0.325 e. The van der Waals surface area contributed by atoms with Crippen molar-refractivity contribution >= 4 is 27.3 Å². The van der Waals surface area contributed by atoms with Crippen LogP contribution in [0, 0.1) is 6.92 Å². The number of pyridine rings is 1. The lowest BCUT2D eigenvalue weighted by molar-refractivity contribution is -0.116. The lowest BCUT2D eigenvalue weighted by Crippen LogP contribution is -2.31. The van der Waals surface area contributed by atoms with Crippen LogP contribution in [0.25, 0.3) is 0 Å². The lowest BCUT2D eigenvalue weighted by atomic mass is 10.1. The second kappa shape index (κ2) is 8.96. The third-order valence-electron chi connectivity index (χ3n) is 4.61. The molecule has 0 bridgehead atoms. The number of benzene rings is 2. The van der Waals surface area contributed by atoms with E-state index in [1.807, 2.05) is 25.1 Å². The maximum Gasteiger partial charge on any atom is 0.275 e. The Morgan fingerprint density at radius 1 is 1.00 bits per heavy atom. The highest BCUT2D eigenvalue weighted by atomic mass is 32.2. The Morgan fingerprint density at radius 3 is 2.43 bits per heavy atom. The molecule has 1 amide bonds. The number of anilines is 2. The number of aryl methyl sites for hydroxylation is 2. The molecule has 1 heterocycles. The van der Waals surface area contributed by atoms with Crippen LogP contribution in [0.3, 0.4) is 0 Å². The van der Waals surface area contributed by atoms with Crippen LogP contribution in [-0.2, 0) is 27.8 Å². The monoisotopic (exact) mass is 425 g/mol. The Balaban J connectivity index is 1.82. The number of amides is 1. The van der Waals surface area contributed by atoms with Gasteiger partial charge in [0.2, 0.25) is 5.91 Å². The van der Waals surface area contributed by atoms with Gasteiger partial charge in [-0.2, -0.15) is 0 Å². The summed E-state index contributed by atoms with van der Waals surface area (Å²) in [6.07, 6.45) is 0.839. The van der Waals surface area contributed by atoms with E-state index in [2.05, 4.69) is 10.0 Å². The van der Waals surface area contributed by atoms with Crippen LogP contribution in [0.15, 0.2) is 76.4 Å². The quantitative estimate of drug-likeness (QED) is 0.608. The highest BCUT2D eigenvalue weighted by molar-refractivity contribution is 7.92. The van der Waals surface area contributed by atoms with Gasteiger partial charge in [0.1, 0.15) is 12.2 Å². The molecule has 0 spiro atoms. The summed E-state index contributed by atoms with van der Waals surface area (Å²) < 4.78 is 28.6. The van der Waals surface area contributed by atoms with Gasteiger partial charge in [0.05, 0.1) is 4.90 Å². The highest BCUT2D eigenvalue weighted by Gasteiger charge is 2.17. The van der Waals surface area contributed by atoms with Crippen LogP contribution in [0.4, 0.5) is 11.4 Å². The first-order valence-corrected chi connectivity index (χ1v) is 11.0. The summed E-state index contributed by atoms with van der Waals surface area (Å²) in [7, 11) is -3.91. The summed E-state index contributed by atoms with van der Waals surface area (Å²) in [5.41, 5.74) is 1.56. The van der Waals surface area contributed by atoms with Crippen LogP contribution in [0.2, 0.25) is 0 Å². The Hall–Kier alpha value is -3.39. The van der Waals surface area contributed by atoms with E-state index in [-0.39, 0.29) is 23.0 Å². The minimum Gasteiger partial charge on any atom is -0.325 e. The molecule has 2 aromatic carbocycles. The van der Waals surface area contributed by atoms with Crippen molar-refractivity contribution in [2.45, 2.75) is 31.7 Å². The second-order valence-corrected chi connectivity index (χ2v) is 8.48. The number of aromatic nitrogens is 1. The normalized spacial score (nSPS) is 11.1. The lowest BCUT2D eigenvalue weighted by Gasteiger charge is -2.14. The fraction of sp³-hybridized carbons (Fsp3) is 0.182. The van der Waals surface area contributed by atoms with Crippen LogP contribution < -0.4 is 15.6 Å². The van der Waals surface area contributed by atoms with Gasteiger partial charge in [-0.05, 0) is 55.3 Å². The van der Waals surface area contributed by atoms with Crippen LogP contribution in [0.1, 0.15) is 18.2 Å². The summed E-state index contributed by atoms with van der Waals surface area (Å²) in [5, 5.41) is 2.78. The van der Waals surface area contributed by atoms with E-state index in [0.717, 1.165) is 12.0 Å². The molecule has 7 nitrogen and oxygen atoms in total. The Morgan fingerprint density at radius 2 is 1.73 bits per heavy atom. The van der Waals surface area contributed by atoms with Crippen molar-refractivity contribution in [1.29, 1.82) is 0 Å². The number of hydrogen-bond donors (Lipinski definition) is 2. The van der Waals surface area contributed by atoms with E-state index in [1.54, 1.807) is 37.3 Å². The summed E-state index contributed by atoms with van der Waals surface area (Å²) in [6.45, 7) is 3.47. The fourth-order valence-corrected chi connectivity index (χ4v) is 4.04. The molecule has 0 unspecified atom stereocenters. The van der Waals surface area contributed by atoms with Gasteiger partial charge in [-0.15, -0.1) is 0 Å². The van der Waals surface area contributed by atoms with Crippen molar-refractivity contribution in [2.24, 2.45) is 0 Å². The molecule has 0 aliphatic rings. The SMILES string of the molecule is CCc1cccc(NC(=O)Cn2c(C)ccc(NS(=O)(=O)c3ccccc3)c2=O)c1. The number of rotatable bonds is 7. The molecule has 30 heavy (non-hydrogen) atoms. The van der Waals surface area contributed by atoms with Gasteiger partial charge >= 0.3 is 0 Å². The molecular formula is C22H23N3O4S. The van der Waals surface area contributed by atoms with E-state index in [1.165, 1.54) is 22.8 Å². The maximum absolute atomic E-state index is 12.8. The van der Waals surface area contributed by atoms with Gasteiger partial charge in [-0.1, -0.05) is 37.3 Å². The summed E-state index contributed by atoms with van der Waals surface area (Å²) >= 11 is 0. The molecule has 156 valence electrons. The molecule has 0 radical (unpaired) electrons. The van der Waals surface area contributed by atoms with E-state index >= 15 is 0 Å². The van der Waals surface area contributed by atoms with Crippen molar-refractivity contribution in [1.82, 2.24) is 4.57 Å². The average molecular weight is 426 g/mol. The molecule has 3 rings (SSSR count). The molecule has 3 aromatic rings. The Bertz CT molecular complexity index is 1220. The predicted molar refractivity (Wildman–Crippen MR) is 117 cm³/mol. The number of sulfonamides is 1. The first kappa shape index (κ1) is 21.3. The molecule has 0 saturated carbocycles. The molecule has 1 aromatic heterocycles. The van der Waals surface area contributed by atoms with Gasteiger partial charge in [-0.25, -0.2) is 8.42 Å². The summed E-state index contributed by atoms with van der Waals surface area (Å²) in [4.78, 5) is 25.4. The molecule has 0 atom stereocenters. The Kier molecular flexibility index (Phi) is 6.37. The van der Waals surface area contributed by atoms with Crippen molar-refractivity contribution in [3.8, 4) is 0 Å². The smallest absolute Gasteiger partial charge is 0.275 e. The van der Waals surface area contributed by atoms with Crippen LogP contribution in [-0.4, -0.2) is 18.9 Å². The van der Waals surface area contributed by atoms with Gasteiger partial charge in [0.25, 0.3) is 15.6 Å². The van der Waals surface area contributed by atoms with Crippen molar-refractivity contribution in [3.05, 3.63) is 88.3 Å². The zero-order valence-corrected chi connectivity index (χ0v) is 17.6. The highest BCUT2D eigenvalue weighted by Crippen LogP contribution is 2.14. The Labute approximate surface area is 175 Å². The van der Waals surface area contributed by atoms with Gasteiger partial charge in [-0.3, -0.25) is 14.3 Å². The van der Waals surface area contributed by atoms with Crippen molar-refractivity contribution in [3.63, 3.8) is 0 Å². The van der Waals surface area contributed by atoms with E-state index in [4.69, 9.17) is 0 Å². The number of nitrogens with one attached hydrogen (secondary N) is 2. The zero-order valence-electron chi connectivity index (χ0n) is 16.8. The first-order chi connectivity index (χ1) is 14.3. The summed E-state index contributed by atoms with van der Waals surface area (Å²) in [5.74, 6) is -0.378. The number of carbonyl (C=O) groups is 1. The van der Waals surface area contributed by atoms with E-state index in [0.29, 0.717) is 11.4 Å². The first-order valence-electron chi connectivity index (χ1n) is 9.47. The second-order valence-electron chi connectivity index (χ2n) is 6.80. The van der Waals surface area contributed by atoms with Gasteiger partial charge in [0.15, 0.2) is 0 Å². The fourth-order valence-electron chi connectivity index (χ4n) is 2.96. The van der Waals surface area contributed by atoms with Crippen LogP contribution >= 0.6 is 0 Å².